The third-order valence-electron chi connectivity index (χ3n) is 2.95. The standard InChI is InChI=1S/C14H18N4OS/c1-10-8-11(17-18(10)2)9-15-14(20)16-12-6-4-5-7-13(12)19-3/h4-8H,9H2,1-3H3,(H2,15,16,20). The van der Waals surface area contributed by atoms with Crippen molar-refractivity contribution in [2.75, 3.05) is 12.4 Å². The predicted molar refractivity (Wildman–Crippen MR) is 84.0 cm³/mol. The maximum Gasteiger partial charge on any atom is 0.171 e. The molecule has 2 rings (SSSR count). The first kappa shape index (κ1) is 14.3. The molecule has 2 aromatic rings. The quantitative estimate of drug-likeness (QED) is 0.846. The topological polar surface area (TPSA) is 51.1 Å². The van der Waals surface area contributed by atoms with E-state index in [1.807, 2.05) is 49.0 Å². The molecule has 0 atom stereocenters. The Morgan fingerprint density at radius 1 is 1.40 bits per heavy atom. The van der Waals surface area contributed by atoms with Crippen LogP contribution >= 0.6 is 12.2 Å². The number of thiocarbonyl (C=S) groups is 1. The maximum absolute atomic E-state index is 5.27. The first-order valence-electron chi connectivity index (χ1n) is 6.27. The molecule has 0 bridgehead atoms. The second-order valence-electron chi connectivity index (χ2n) is 4.41. The van der Waals surface area contributed by atoms with Gasteiger partial charge < -0.3 is 15.4 Å². The Morgan fingerprint density at radius 3 is 2.80 bits per heavy atom. The summed E-state index contributed by atoms with van der Waals surface area (Å²) in [5, 5.41) is 11.1. The Balaban J connectivity index is 1.92. The van der Waals surface area contributed by atoms with Crippen LogP contribution in [0.1, 0.15) is 11.4 Å². The minimum Gasteiger partial charge on any atom is -0.495 e. The van der Waals surface area contributed by atoms with Gasteiger partial charge in [0.05, 0.1) is 25.0 Å². The fraction of sp³-hybridized carbons (Fsp3) is 0.286. The van der Waals surface area contributed by atoms with E-state index in [-0.39, 0.29) is 0 Å². The van der Waals surface area contributed by atoms with E-state index in [0.717, 1.165) is 22.8 Å². The largest absolute Gasteiger partial charge is 0.495 e. The maximum atomic E-state index is 5.27. The van der Waals surface area contributed by atoms with Crippen LogP contribution in [0.4, 0.5) is 5.69 Å². The van der Waals surface area contributed by atoms with Crippen molar-refractivity contribution in [2.24, 2.45) is 7.05 Å². The summed E-state index contributed by atoms with van der Waals surface area (Å²) in [7, 11) is 3.55. The minimum atomic E-state index is 0.540. The molecule has 0 saturated heterocycles. The highest BCUT2D eigenvalue weighted by atomic mass is 32.1. The van der Waals surface area contributed by atoms with E-state index in [1.165, 1.54) is 0 Å². The third-order valence-corrected chi connectivity index (χ3v) is 3.20. The Kier molecular flexibility index (Phi) is 4.57. The molecular weight excluding hydrogens is 272 g/mol. The van der Waals surface area contributed by atoms with Crippen molar-refractivity contribution in [3.63, 3.8) is 0 Å². The fourth-order valence-electron chi connectivity index (χ4n) is 1.81. The number of benzene rings is 1. The average molecular weight is 290 g/mol. The van der Waals surface area contributed by atoms with Crippen molar-refractivity contribution in [3.05, 3.63) is 41.7 Å². The van der Waals surface area contributed by atoms with Gasteiger partial charge in [0.15, 0.2) is 5.11 Å². The molecule has 0 aliphatic rings. The zero-order chi connectivity index (χ0) is 14.5. The van der Waals surface area contributed by atoms with Gasteiger partial charge in [-0.3, -0.25) is 4.68 Å². The van der Waals surface area contributed by atoms with Crippen LogP contribution in [-0.2, 0) is 13.6 Å². The van der Waals surface area contributed by atoms with Gasteiger partial charge in [-0.25, -0.2) is 0 Å². The summed E-state index contributed by atoms with van der Waals surface area (Å²) in [5.74, 6) is 0.755. The first-order valence-corrected chi connectivity index (χ1v) is 6.68. The molecule has 20 heavy (non-hydrogen) atoms. The fourth-order valence-corrected chi connectivity index (χ4v) is 1.99. The van der Waals surface area contributed by atoms with Crippen molar-refractivity contribution in [2.45, 2.75) is 13.5 Å². The van der Waals surface area contributed by atoms with Gasteiger partial charge in [-0.2, -0.15) is 5.10 Å². The normalized spacial score (nSPS) is 10.2. The molecule has 0 aliphatic heterocycles. The highest BCUT2D eigenvalue weighted by Gasteiger charge is 2.05. The zero-order valence-corrected chi connectivity index (χ0v) is 12.6. The Morgan fingerprint density at radius 2 is 2.15 bits per heavy atom. The Bertz CT molecular complexity index is 589. The Labute approximate surface area is 123 Å². The minimum absolute atomic E-state index is 0.540. The number of nitrogens with one attached hydrogen (secondary N) is 2. The van der Waals surface area contributed by atoms with Gasteiger partial charge in [-0.05, 0) is 37.3 Å². The van der Waals surface area contributed by atoms with Crippen LogP contribution in [0.25, 0.3) is 0 Å². The molecule has 0 unspecified atom stereocenters. The van der Waals surface area contributed by atoms with E-state index in [4.69, 9.17) is 17.0 Å². The zero-order valence-electron chi connectivity index (χ0n) is 11.8. The number of hydrogen-bond donors (Lipinski definition) is 2. The molecule has 1 heterocycles. The van der Waals surface area contributed by atoms with Crippen LogP contribution in [0.2, 0.25) is 0 Å². The van der Waals surface area contributed by atoms with Crippen LogP contribution in [0, 0.1) is 6.92 Å². The number of nitrogens with zero attached hydrogens (tertiary/aromatic N) is 2. The van der Waals surface area contributed by atoms with Gasteiger partial charge >= 0.3 is 0 Å². The van der Waals surface area contributed by atoms with Crippen molar-refractivity contribution in [3.8, 4) is 5.75 Å². The molecule has 0 radical (unpaired) electrons. The van der Waals surface area contributed by atoms with Gasteiger partial charge in [0, 0.05) is 12.7 Å². The SMILES string of the molecule is COc1ccccc1NC(=S)NCc1cc(C)n(C)n1. The number of hydrogen-bond acceptors (Lipinski definition) is 3. The summed E-state index contributed by atoms with van der Waals surface area (Å²) in [5.41, 5.74) is 2.91. The molecule has 2 N–H and O–H groups in total. The lowest BCUT2D eigenvalue weighted by Crippen LogP contribution is -2.28. The van der Waals surface area contributed by atoms with Crippen LogP contribution < -0.4 is 15.4 Å². The molecule has 6 heteroatoms. The van der Waals surface area contributed by atoms with Gasteiger partial charge in [-0.15, -0.1) is 0 Å². The van der Waals surface area contributed by atoms with Gasteiger partial charge in [-0.1, -0.05) is 12.1 Å². The Hall–Kier alpha value is -2.08. The molecule has 106 valence electrons. The highest BCUT2D eigenvalue weighted by Crippen LogP contribution is 2.22. The third kappa shape index (κ3) is 3.48. The summed E-state index contributed by atoms with van der Waals surface area (Å²) in [6, 6.07) is 9.66. The number of methoxy groups -OCH3 is 1. The summed E-state index contributed by atoms with van der Waals surface area (Å²) < 4.78 is 7.10. The lowest BCUT2D eigenvalue weighted by molar-refractivity contribution is 0.417. The number of ether oxygens (including phenoxy) is 1. The second-order valence-corrected chi connectivity index (χ2v) is 4.82. The van der Waals surface area contributed by atoms with Crippen molar-refractivity contribution < 1.29 is 4.74 Å². The van der Waals surface area contributed by atoms with Crippen LogP contribution in [0.15, 0.2) is 30.3 Å². The molecule has 0 spiro atoms. The predicted octanol–water partition coefficient (Wildman–Crippen LogP) is 2.22. The summed E-state index contributed by atoms with van der Waals surface area (Å²) in [6.45, 7) is 2.60. The molecule has 1 aromatic carbocycles. The van der Waals surface area contributed by atoms with Crippen molar-refractivity contribution >= 4 is 23.0 Å². The molecule has 0 fully saturated rings. The van der Waals surface area contributed by atoms with Crippen LogP contribution in [0.5, 0.6) is 5.75 Å². The number of rotatable bonds is 4. The highest BCUT2D eigenvalue weighted by molar-refractivity contribution is 7.80. The number of para-hydroxylation sites is 2. The molecule has 0 amide bonds. The summed E-state index contributed by atoms with van der Waals surface area (Å²) in [4.78, 5) is 0. The van der Waals surface area contributed by atoms with Gasteiger partial charge in [0.1, 0.15) is 5.75 Å². The molecule has 1 aromatic heterocycles. The average Bonchev–Trinajstić information content (AvgIpc) is 2.76. The molecule has 0 aliphatic carbocycles. The number of aryl methyl sites for hydroxylation is 2. The lowest BCUT2D eigenvalue weighted by atomic mass is 10.3. The van der Waals surface area contributed by atoms with E-state index < -0.39 is 0 Å². The van der Waals surface area contributed by atoms with E-state index in [9.17, 15) is 0 Å². The molecule has 0 saturated carbocycles. The smallest absolute Gasteiger partial charge is 0.171 e. The van der Waals surface area contributed by atoms with Gasteiger partial charge in [0.25, 0.3) is 0 Å². The molecular formula is C14H18N4OS. The van der Waals surface area contributed by atoms with Crippen molar-refractivity contribution in [1.29, 1.82) is 0 Å². The first-order chi connectivity index (χ1) is 9.60. The summed E-state index contributed by atoms with van der Waals surface area (Å²) in [6.07, 6.45) is 0. The number of anilines is 1. The number of aromatic nitrogens is 2. The van der Waals surface area contributed by atoms with E-state index in [1.54, 1.807) is 7.11 Å². The lowest BCUT2D eigenvalue weighted by Gasteiger charge is -2.12. The van der Waals surface area contributed by atoms with Crippen molar-refractivity contribution in [1.82, 2.24) is 15.1 Å². The van der Waals surface area contributed by atoms with Gasteiger partial charge in [0.2, 0.25) is 0 Å². The van der Waals surface area contributed by atoms with E-state index >= 15 is 0 Å². The monoisotopic (exact) mass is 290 g/mol. The van der Waals surface area contributed by atoms with Crippen LogP contribution in [-0.4, -0.2) is 22.0 Å². The molecule has 5 nitrogen and oxygen atoms in total. The van der Waals surface area contributed by atoms with E-state index in [0.29, 0.717) is 11.7 Å². The van der Waals surface area contributed by atoms with E-state index in [2.05, 4.69) is 15.7 Å². The second kappa shape index (κ2) is 6.38. The van der Waals surface area contributed by atoms with Crippen LogP contribution in [0.3, 0.4) is 0 Å². The summed E-state index contributed by atoms with van der Waals surface area (Å²) >= 11 is 5.27.